The number of halogens is 3. The van der Waals surface area contributed by atoms with Crippen LogP contribution in [-0.2, 0) is 16.2 Å². The zero-order valence-electron chi connectivity index (χ0n) is 19.5. The number of esters is 1. The molecule has 1 aromatic heterocycles. The zero-order valence-corrected chi connectivity index (χ0v) is 19.5. The maximum atomic E-state index is 12.8. The fraction of sp³-hybridized carbons (Fsp3) is 0.250. The average molecular weight is 521 g/mol. The molecule has 0 bridgehead atoms. The predicted molar refractivity (Wildman–Crippen MR) is 122 cm³/mol. The van der Waals surface area contributed by atoms with E-state index in [1.54, 1.807) is 13.0 Å². The van der Waals surface area contributed by atoms with Gasteiger partial charge < -0.3 is 19.9 Å². The number of nitrogens with one attached hydrogen (secondary N) is 2. The third-order valence-electron chi connectivity index (χ3n) is 5.14. The quantitative estimate of drug-likeness (QED) is 0.153. The second-order valence-corrected chi connectivity index (χ2v) is 8.17. The summed E-state index contributed by atoms with van der Waals surface area (Å²) in [6.45, 7) is 2.03. The molecule has 196 valence electrons. The molecule has 0 spiro atoms. The van der Waals surface area contributed by atoms with E-state index in [9.17, 15) is 32.7 Å². The Labute approximate surface area is 208 Å². The molecule has 0 aliphatic carbocycles. The van der Waals surface area contributed by atoms with Crippen molar-refractivity contribution >= 4 is 28.7 Å². The maximum Gasteiger partial charge on any atom is 0.491 e. The SMILES string of the molecule is Cc1cc(COc2ccc(C(=O)NC[C@@](C)(O)C(=O)NO)c(OC(=O)C(F)(F)F)c2)c2ccccc2n1. The van der Waals surface area contributed by atoms with Gasteiger partial charge in [-0.2, -0.15) is 13.2 Å². The van der Waals surface area contributed by atoms with Gasteiger partial charge in [0.2, 0.25) is 0 Å². The van der Waals surface area contributed by atoms with Gasteiger partial charge in [0.05, 0.1) is 17.6 Å². The van der Waals surface area contributed by atoms with Gasteiger partial charge in [-0.1, -0.05) is 18.2 Å². The van der Waals surface area contributed by atoms with Gasteiger partial charge in [0.25, 0.3) is 11.8 Å². The second kappa shape index (κ2) is 10.8. The highest BCUT2D eigenvalue weighted by Crippen LogP contribution is 2.29. The van der Waals surface area contributed by atoms with Crippen molar-refractivity contribution in [2.24, 2.45) is 0 Å². The standard InChI is InChI=1S/C24H22F3N3O7/c1-13-9-14(16-5-3-4-6-18(16)29-13)11-36-15-7-8-17(19(10-15)37-22(33)24(25,26)27)20(31)28-12-23(2,34)21(32)30-35/h3-10,34-35H,11-12H2,1-2H3,(H,28,31)(H,30,32)/t23-/m1/s1. The predicted octanol–water partition coefficient (Wildman–Crippen LogP) is 2.58. The molecule has 2 amide bonds. The van der Waals surface area contributed by atoms with Crippen LogP contribution in [0.4, 0.5) is 13.2 Å². The molecule has 4 N–H and O–H groups in total. The Bertz CT molecular complexity index is 1340. The van der Waals surface area contributed by atoms with E-state index < -0.39 is 47.4 Å². The maximum absolute atomic E-state index is 12.8. The van der Waals surface area contributed by atoms with Crippen molar-refractivity contribution in [2.45, 2.75) is 32.2 Å². The largest absolute Gasteiger partial charge is 0.491 e. The smallest absolute Gasteiger partial charge is 0.489 e. The van der Waals surface area contributed by atoms with E-state index >= 15 is 0 Å². The normalized spacial score (nSPS) is 12.9. The van der Waals surface area contributed by atoms with Crippen LogP contribution in [-0.4, -0.2) is 51.4 Å². The highest BCUT2D eigenvalue weighted by atomic mass is 19.4. The monoisotopic (exact) mass is 521 g/mol. The number of rotatable bonds is 8. The lowest BCUT2D eigenvalue weighted by Gasteiger charge is -2.21. The topological polar surface area (TPSA) is 147 Å². The van der Waals surface area contributed by atoms with Crippen molar-refractivity contribution in [3.8, 4) is 11.5 Å². The molecule has 0 unspecified atom stereocenters. The molecular formula is C24H22F3N3O7. The Kier molecular flexibility index (Phi) is 7.99. The molecule has 0 aliphatic rings. The van der Waals surface area contributed by atoms with E-state index in [1.165, 1.54) is 11.5 Å². The van der Waals surface area contributed by atoms with Gasteiger partial charge in [-0.15, -0.1) is 0 Å². The van der Waals surface area contributed by atoms with Crippen LogP contribution in [0.1, 0.15) is 28.5 Å². The van der Waals surface area contributed by atoms with E-state index in [2.05, 4.69) is 15.0 Å². The lowest BCUT2D eigenvalue weighted by Crippen LogP contribution is -2.51. The lowest BCUT2D eigenvalue weighted by atomic mass is 10.1. The molecule has 0 saturated carbocycles. The molecule has 0 saturated heterocycles. The number of para-hydroxylation sites is 1. The summed E-state index contributed by atoms with van der Waals surface area (Å²) in [6.07, 6.45) is -5.35. The number of fused-ring (bicyclic) bond motifs is 1. The summed E-state index contributed by atoms with van der Waals surface area (Å²) in [4.78, 5) is 40.0. The minimum Gasteiger partial charge on any atom is -0.489 e. The minimum atomic E-state index is -5.35. The first kappa shape index (κ1) is 27.4. The highest BCUT2D eigenvalue weighted by Gasteiger charge is 2.42. The fourth-order valence-corrected chi connectivity index (χ4v) is 3.25. The number of carbonyl (C=O) groups is 3. The Morgan fingerprint density at radius 3 is 2.46 bits per heavy atom. The summed E-state index contributed by atoms with van der Waals surface area (Å²) in [5.74, 6) is -5.65. The molecule has 0 fully saturated rings. The van der Waals surface area contributed by atoms with E-state index in [4.69, 9.17) is 9.94 Å². The molecule has 37 heavy (non-hydrogen) atoms. The molecule has 1 atom stereocenters. The number of ether oxygens (including phenoxy) is 2. The van der Waals surface area contributed by atoms with Crippen molar-refractivity contribution in [3.63, 3.8) is 0 Å². The number of alkyl halides is 3. The van der Waals surface area contributed by atoms with Crippen LogP contribution in [0.5, 0.6) is 11.5 Å². The van der Waals surface area contributed by atoms with Gasteiger partial charge in [-0.05, 0) is 38.1 Å². The third kappa shape index (κ3) is 6.71. The van der Waals surface area contributed by atoms with Crippen LogP contribution in [0, 0.1) is 6.92 Å². The lowest BCUT2D eigenvalue weighted by molar-refractivity contribution is -0.189. The van der Waals surface area contributed by atoms with Crippen molar-refractivity contribution in [3.05, 3.63) is 65.4 Å². The summed E-state index contributed by atoms with van der Waals surface area (Å²) in [6, 6.07) is 12.3. The number of aryl methyl sites for hydroxylation is 1. The molecule has 1 heterocycles. The van der Waals surface area contributed by atoms with E-state index in [0.717, 1.165) is 41.2 Å². The third-order valence-corrected chi connectivity index (χ3v) is 5.14. The first-order chi connectivity index (χ1) is 17.3. The number of aliphatic hydroxyl groups is 1. The van der Waals surface area contributed by atoms with Gasteiger partial charge in [0.1, 0.15) is 18.1 Å². The van der Waals surface area contributed by atoms with Crippen LogP contribution in [0.15, 0.2) is 48.5 Å². The van der Waals surface area contributed by atoms with Crippen LogP contribution < -0.4 is 20.3 Å². The minimum absolute atomic E-state index is 0.00766. The summed E-state index contributed by atoms with van der Waals surface area (Å²) in [5.41, 5.74) is 0.642. The van der Waals surface area contributed by atoms with E-state index in [1.807, 2.05) is 24.3 Å². The zero-order chi connectivity index (χ0) is 27.4. The second-order valence-electron chi connectivity index (χ2n) is 8.17. The summed E-state index contributed by atoms with van der Waals surface area (Å²) in [5, 5.41) is 21.6. The number of pyridine rings is 1. The number of nitrogens with zero attached hydrogens (tertiary/aromatic N) is 1. The molecular weight excluding hydrogens is 499 g/mol. The van der Waals surface area contributed by atoms with Crippen molar-refractivity contribution in [2.75, 3.05) is 6.54 Å². The van der Waals surface area contributed by atoms with Gasteiger partial charge >= 0.3 is 12.1 Å². The van der Waals surface area contributed by atoms with Gasteiger partial charge in [0.15, 0.2) is 5.60 Å². The summed E-state index contributed by atoms with van der Waals surface area (Å²) < 4.78 is 48.6. The van der Waals surface area contributed by atoms with Crippen LogP contribution in [0.2, 0.25) is 0 Å². The first-order valence-electron chi connectivity index (χ1n) is 10.7. The summed E-state index contributed by atoms with van der Waals surface area (Å²) >= 11 is 0. The molecule has 0 aliphatic heterocycles. The Morgan fingerprint density at radius 2 is 1.78 bits per heavy atom. The molecule has 13 heteroatoms. The molecule has 3 rings (SSSR count). The number of hydroxylamine groups is 1. The number of amides is 2. The van der Waals surface area contributed by atoms with Crippen LogP contribution in [0.3, 0.4) is 0 Å². The van der Waals surface area contributed by atoms with E-state index in [0.29, 0.717) is 0 Å². The number of carbonyl (C=O) groups excluding carboxylic acids is 3. The van der Waals surface area contributed by atoms with Gasteiger partial charge in [0, 0.05) is 22.7 Å². The van der Waals surface area contributed by atoms with Crippen molar-refractivity contribution < 1.29 is 47.3 Å². The Morgan fingerprint density at radius 1 is 1.08 bits per heavy atom. The van der Waals surface area contributed by atoms with Crippen LogP contribution >= 0.6 is 0 Å². The molecule has 3 aromatic rings. The number of aromatic nitrogens is 1. The number of hydrogen-bond donors (Lipinski definition) is 4. The van der Waals surface area contributed by atoms with Gasteiger partial charge in [-0.3, -0.25) is 19.8 Å². The fourth-order valence-electron chi connectivity index (χ4n) is 3.25. The number of hydrogen-bond acceptors (Lipinski definition) is 8. The molecule has 10 nitrogen and oxygen atoms in total. The highest BCUT2D eigenvalue weighted by molar-refractivity contribution is 5.98. The Hall–Kier alpha value is -4.23. The first-order valence-corrected chi connectivity index (χ1v) is 10.7. The average Bonchev–Trinajstić information content (AvgIpc) is 2.84. The van der Waals surface area contributed by atoms with Crippen LogP contribution in [0.25, 0.3) is 10.9 Å². The molecule has 0 radical (unpaired) electrons. The van der Waals surface area contributed by atoms with Crippen molar-refractivity contribution in [1.29, 1.82) is 0 Å². The summed E-state index contributed by atoms with van der Waals surface area (Å²) in [7, 11) is 0. The van der Waals surface area contributed by atoms with Gasteiger partial charge in [-0.25, -0.2) is 10.3 Å². The van der Waals surface area contributed by atoms with Crippen molar-refractivity contribution in [1.82, 2.24) is 15.8 Å². The number of benzene rings is 2. The van der Waals surface area contributed by atoms with E-state index in [-0.39, 0.29) is 12.4 Å². The Balaban J connectivity index is 1.87. The molecule has 2 aromatic carbocycles.